The van der Waals surface area contributed by atoms with Gasteiger partial charge in [0.15, 0.2) is 0 Å². The highest BCUT2D eigenvalue weighted by atomic mass is 19.1. The Kier molecular flexibility index (Phi) is 3.68. The number of hydrogen-bond donors (Lipinski definition) is 1. The van der Waals surface area contributed by atoms with Gasteiger partial charge in [-0.1, -0.05) is 18.2 Å². The van der Waals surface area contributed by atoms with Gasteiger partial charge in [0.2, 0.25) is 0 Å². The maximum absolute atomic E-state index is 13.6. The summed E-state index contributed by atoms with van der Waals surface area (Å²) in [4.78, 5) is 2.30. The summed E-state index contributed by atoms with van der Waals surface area (Å²) in [6.45, 7) is 4.11. The monoisotopic (exact) mass is 284 g/mol. The highest BCUT2D eigenvalue weighted by Gasteiger charge is 2.26. The van der Waals surface area contributed by atoms with Gasteiger partial charge in [-0.2, -0.15) is 0 Å². The van der Waals surface area contributed by atoms with Crippen LogP contribution in [0.5, 0.6) is 0 Å². The number of hydrogen-bond acceptors (Lipinski definition) is 2. The zero-order valence-corrected chi connectivity index (χ0v) is 12.5. The average molecular weight is 284 g/mol. The van der Waals surface area contributed by atoms with Crippen LogP contribution >= 0.6 is 0 Å². The van der Waals surface area contributed by atoms with Gasteiger partial charge in [-0.15, -0.1) is 0 Å². The van der Waals surface area contributed by atoms with Crippen molar-refractivity contribution < 1.29 is 4.39 Å². The van der Waals surface area contributed by atoms with E-state index in [4.69, 9.17) is 5.73 Å². The fraction of sp³-hybridized carbons (Fsp3) is 0.333. The second-order valence-corrected chi connectivity index (χ2v) is 5.88. The van der Waals surface area contributed by atoms with Crippen LogP contribution in [0.2, 0.25) is 0 Å². The number of rotatable bonds is 2. The van der Waals surface area contributed by atoms with Crippen LogP contribution in [0.25, 0.3) is 0 Å². The molecule has 2 N–H and O–H groups in total. The van der Waals surface area contributed by atoms with Crippen LogP contribution in [0.3, 0.4) is 0 Å². The van der Waals surface area contributed by atoms with Gasteiger partial charge in [0, 0.05) is 23.5 Å². The molecule has 0 radical (unpaired) electrons. The molecule has 0 aliphatic carbocycles. The normalized spacial score (nSPS) is 19.2. The molecule has 2 aromatic carbocycles. The topological polar surface area (TPSA) is 29.3 Å². The molecule has 21 heavy (non-hydrogen) atoms. The summed E-state index contributed by atoms with van der Waals surface area (Å²) in [5, 5.41) is 0. The maximum Gasteiger partial charge on any atom is 0.123 e. The van der Waals surface area contributed by atoms with Crippen molar-refractivity contribution in [2.45, 2.75) is 38.8 Å². The number of para-hydroxylation sites is 1. The summed E-state index contributed by atoms with van der Waals surface area (Å²) in [5.41, 5.74) is 10.5. The fourth-order valence-corrected chi connectivity index (χ4v) is 3.16. The van der Waals surface area contributed by atoms with Gasteiger partial charge >= 0.3 is 0 Å². The van der Waals surface area contributed by atoms with Crippen molar-refractivity contribution in [1.29, 1.82) is 0 Å². The molecule has 0 aromatic heterocycles. The molecule has 110 valence electrons. The minimum atomic E-state index is -0.232. The minimum Gasteiger partial charge on any atom is -0.338 e. The Morgan fingerprint density at radius 2 is 1.95 bits per heavy atom. The van der Waals surface area contributed by atoms with E-state index in [1.807, 2.05) is 13.0 Å². The summed E-state index contributed by atoms with van der Waals surface area (Å²) in [7, 11) is 0. The number of benzene rings is 2. The van der Waals surface area contributed by atoms with E-state index in [9.17, 15) is 4.39 Å². The second kappa shape index (κ2) is 5.49. The first-order valence-electron chi connectivity index (χ1n) is 7.50. The predicted molar refractivity (Wildman–Crippen MR) is 85.4 cm³/mol. The molecule has 1 aliphatic rings. The highest BCUT2D eigenvalue weighted by molar-refractivity contribution is 5.71. The molecule has 2 atom stereocenters. The molecule has 2 nitrogen and oxygen atoms in total. The maximum atomic E-state index is 13.6. The molecule has 0 saturated carbocycles. The van der Waals surface area contributed by atoms with Crippen LogP contribution < -0.4 is 10.6 Å². The van der Waals surface area contributed by atoms with Crippen LogP contribution in [0.1, 0.15) is 37.4 Å². The van der Waals surface area contributed by atoms with Crippen molar-refractivity contribution >= 4 is 11.4 Å². The van der Waals surface area contributed by atoms with Crippen molar-refractivity contribution in [1.82, 2.24) is 0 Å². The molecule has 3 heteroatoms. The first-order chi connectivity index (χ1) is 10.1. The molecule has 2 aromatic rings. The summed E-state index contributed by atoms with van der Waals surface area (Å²) in [5.74, 6) is -0.232. The Labute approximate surface area is 125 Å². The van der Waals surface area contributed by atoms with E-state index in [0.717, 1.165) is 24.1 Å². The third-order valence-corrected chi connectivity index (χ3v) is 4.26. The van der Waals surface area contributed by atoms with Gasteiger partial charge in [-0.3, -0.25) is 0 Å². The number of aryl methyl sites for hydroxylation is 1. The molecule has 1 unspecified atom stereocenters. The van der Waals surface area contributed by atoms with E-state index >= 15 is 0 Å². The van der Waals surface area contributed by atoms with Crippen LogP contribution in [0.15, 0.2) is 42.5 Å². The first-order valence-corrected chi connectivity index (χ1v) is 7.50. The van der Waals surface area contributed by atoms with Gasteiger partial charge in [-0.25, -0.2) is 4.39 Å². The molecule has 0 bridgehead atoms. The molecule has 0 saturated heterocycles. The van der Waals surface area contributed by atoms with E-state index in [1.54, 1.807) is 6.07 Å². The summed E-state index contributed by atoms with van der Waals surface area (Å²) in [6, 6.07) is 13.5. The SMILES string of the molecule is CC1CCc2ccccc2N1c1ccc(F)cc1[C@H](C)N. The highest BCUT2D eigenvalue weighted by Crippen LogP contribution is 2.39. The molecule has 0 fully saturated rings. The van der Waals surface area contributed by atoms with E-state index in [0.29, 0.717) is 6.04 Å². The van der Waals surface area contributed by atoms with Gasteiger partial charge in [0.1, 0.15) is 5.82 Å². The number of nitrogens with two attached hydrogens (primary N) is 1. The van der Waals surface area contributed by atoms with Gasteiger partial charge in [-0.05, 0) is 62.1 Å². The lowest BCUT2D eigenvalue weighted by Gasteiger charge is -2.38. The Balaban J connectivity index is 2.16. The zero-order chi connectivity index (χ0) is 15.0. The van der Waals surface area contributed by atoms with E-state index < -0.39 is 0 Å². The first kappa shape index (κ1) is 14.1. The van der Waals surface area contributed by atoms with Crippen molar-refractivity contribution in [3.05, 3.63) is 59.4 Å². The van der Waals surface area contributed by atoms with Crippen molar-refractivity contribution in [3.8, 4) is 0 Å². The molecule has 0 spiro atoms. The lowest BCUT2D eigenvalue weighted by molar-refractivity contribution is 0.605. The molecular formula is C18H21FN2. The predicted octanol–water partition coefficient (Wildman–Crippen LogP) is 4.32. The number of anilines is 2. The third kappa shape index (κ3) is 2.54. The second-order valence-electron chi connectivity index (χ2n) is 5.88. The molecule has 0 amide bonds. The van der Waals surface area contributed by atoms with Gasteiger partial charge in [0.05, 0.1) is 0 Å². The Bertz CT molecular complexity index is 651. The average Bonchev–Trinajstić information content (AvgIpc) is 2.47. The van der Waals surface area contributed by atoms with Crippen LogP contribution in [-0.4, -0.2) is 6.04 Å². The fourth-order valence-electron chi connectivity index (χ4n) is 3.16. The minimum absolute atomic E-state index is 0.197. The quantitative estimate of drug-likeness (QED) is 0.890. The van der Waals surface area contributed by atoms with Crippen LogP contribution in [0, 0.1) is 5.82 Å². The Hall–Kier alpha value is -1.87. The van der Waals surface area contributed by atoms with E-state index in [1.165, 1.54) is 17.3 Å². The van der Waals surface area contributed by atoms with Crippen molar-refractivity contribution in [3.63, 3.8) is 0 Å². The smallest absolute Gasteiger partial charge is 0.123 e. The Morgan fingerprint density at radius 3 is 2.71 bits per heavy atom. The third-order valence-electron chi connectivity index (χ3n) is 4.26. The number of nitrogens with zero attached hydrogens (tertiary/aromatic N) is 1. The standard InChI is InChI=1S/C18H21FN2/c1-12-7-8-14-5-3-4-6-17(14)21(12)18-10-9-15(19)11-16(18)13(2)20/h3-6,9-13H,7-8,20H2,1-2H3/t12?,13-/m0/s1. The molecule has 1 aliphatic heterocycles. The molecule has 3 rings (SSSR count). The largest absolute Gasteiger partial charge is 0.338 e. The van der Waals surface area contributed by atoms with Crippen LogP contribution in [0.4, 0.5) is 15.8 Å². The van der Waals surface area contributed by atoms with E-state index in [2.05, 4.69) is 36.1 Å². The number of fused-ring (bicyclic) bond motifs is 1. The van der Waals surface area contributed by atoms with Crippen molar-refractivity contribution in [2.75, 3.05) is 4.90 Å². The molecule has 1 heterocycles. The lowest BCUT2D eigenvalue weighted by atomic mass is 9.94. The number of halogens is 1. The van der Waals surface area contributed by atoms with Gasteiger partial charge in [0.25, 0.3) is 0 Å². The van der Waals surface area contributed by atoms with Crippen molar-refractivity contribution in [2.24, 2.45) is 5.73 Å². The summed E-state index contributed by atoms with van der Waals surface area (Å²) >= 11 is 0. The lowest BCUT2D eigenvalue weighted by Crippen LogP contribution is -2.34. The zero-order valence-electron chi connectivity index (χ0n) is 12.5. The van der Waals surface area contributed by atoms with Gasteiger partial charge < -0.3 is 10.6 Å². The summed E-state index contributed by atoms with van der Waals surface area (Å²) < 4.78 is 13.6. The summed E-state index contributed by atoms with van der Waals surface area (Å²) in [6.07, 6.45) is 2.18. The van der Waals surface area contributed by atoms with E-state index in [-0.39, 0.29) is 11.9 Å². The van der Waals surface area contributed by atoms with Crippen LogP contribution in [-0.2, 0) is 6.42 Å². The molecular weight excluding hydrogens is 263 g/mol. The Morgan fingerprint density at radius 1 is 1.19 bits per heavy atom.